The molecule has 0 saturated carbocycles. The quantitative estimate of drug-likeness (QED) is 0.161. The largest absolute Gasteiger partial charge is 0.310 e. The maximum absolute atomic E-state index is 2.58. The summed E-state index contributed by atoms with van der Waals surface area (Å²) in [7, 11) is 0. The summed E-state index contributed by atoms with van der Waals surface area (Å²) in [5.74, 6) is 0. The fourth-order valence-electron chi connectivity index (χ4n) is 12.5. The topological polar surface area (TPSA) is 3.24 Å². The fraction of sp³-hybridized carbons (Fsp3) is 0.108. The van der Waals surface area contributed by atoms with E-state index < -0.39 is 5.41 Å². The third-order valence-electron chi connectivity index (χ3n) is 15.5. The van der Waals surface area contributed by atoms with Crippen LogP contribution in [0.15, 0.2) is 224 Å². The van der Waals surface area contributed by atoms with Gasteiger partial charge in [0.2, 0.25) is 0 Å². The van der Waals surface area contributed by atoms with Gasteiger partial charge in [-0.1, -0.05) is 222 Å². The highest BCUT2D eigenvalue weighted by Gasteiger charge is 2.49. The normalized spacial score (nSPS) is 15.0. The summed E-state index contributed by atoms with van der Waals surface area (Å²) in [5, 5.41) is 2.47. The summed E-state index contributed by atoms with van der Waals surface area (Å²) in [6.45, 7) is 9.56. The molecule has 0 N–H and O–H groups in total. The Balaban J connectivity index is 1.16. The van der Waals surface area contributed by atoms with E-state index in [0.29, 0.717) is 0 Å². The molecule has 0 spiro atoms. The zero-order valence-electron chi connectivity index (χ0n) is 37.8. The molecule has 66 heavy (non-hydrogen) atoms. The van der Waals surface area contributed by atoms with E-state index in [1.54, 1.807) is 0 Å². The SMILES string of the molecule is CC1(C)c2ccccc2-c2ccc(N(c3ccc4c(c3)C(C)(C)c3ccccc3-4)c3cc4c(c5ccccc35)C(c3ccccc3)(c3ccccc3)c3cccc(-c5ccccc5)c3-4)cc21. The minimum Gasteiger partial charge on any atom is -0.310 e. The van der Waals surface area contributed by atoms with E-state index in [0.717, 1.165) is 17.1 Å². The third kappa shape index (κ3) is 5.23. The predicted octanol–water partition coefficient (Wildman–Crippen LogP) is 17.0. The Labute approximate surface area is 388 Å². The van der Waals surface area contributed by atoms with Gasteiger partial charge in [0.05, 0.1) is 11.1 Å². The summed E-state index contributed by atoms with van der Waals surface area (Å²) in [6.07, 6.45) is 0. The maximum Gasteiger partial charge on any atom is 0.0719 e. The number of hydrogen-bond donors (Lipinski definition) is 0. The molecule has 0 bridgehead atoms. The molecule has 1 nitrogen and oxygen atoms in total. The minimum atomic E-state index is -0.590. The van der Waals surface area contributed by atoms with Gasteiger partial charge in [-0.2, -0.15) is 0 Å². The van der Waals surface area contributed by atoms with Crippen LogP contribution in [0.3, 0.4) is 0 Å². The second kappa shape index (κ2) is 14.1. The monoisotopic (exact) mass is 843 g/mol. The van der Waals surface area contributed by atoms with Gasteiger partial charge >= 0.3 is 0 Å². The van der Waals surface area contributed by atoms with Crippen molar-refractivity contribution in [1.29, 1.82) is 0 Å². The number of fused-ring (bicyclic) bond motifs is 11. The van der Waals surface area contributed by atoms with E-state index in [9.17, 15) is 0 Å². The van der Waals surface area contributed by atoms with Gasteiger partial charge < -0.3 is 4.90 Å². The smallest absolute Gasteiger partial charge is 0.0719 e. The first-order valence-electron chi connectivity index (χ1n) is 23.4. The lowest BCUT2D eigenvalue weighted by Gasteiger charge is -2.36. The van der Waals surface area contributed by atoms with Crippen molar-refractivity contribution >= 4 is 27.8 Å². The lowest BCUT2D eigenvalue weighted by molar-refractivity contribution is 0.660. The lowest BCUT2D eigenvalue weighted by atomic mass is 9.66. The van der Waals surface area contributed by atoms with Gasteiger partial charge in [0.15, 0.2) is 0 Å². The molecular formula is C65H49N. The van der Waals surface area contributed by atoms with Crippen molar-refractivity contribution in [1.82, 2.24) is 0 Å². The van der Waals surface area contributed by atoms with Gasteiger partial charge in [0, 0.05) is 27.6 Å². The Morgan fingerprint density at radius 2 is 0.758 bits per heavy atom. The second-order valence-corrected chi connectivity index (χ2v) is 19.6. The average molecular weight is 844 g/mol. The molecule has 0 fully saturated rings. The predicted molar refractivity (Wildman–Crippen MR) is 276 cm³/mol. The first-order chi connectivity index (χ1) is 32.3. The molecule has 314 valence electrons. The molecular weight excluding hydrogens is 795 g/mol. The highest BCUT2D eigenvalue weighted by Crippen LogP contribution is 2.62. The third-order valence-corrected chi connectivity index (χ3v) is 15.5. The minimum absolute atomic E-state index is 0.163. The van der Waals surface area contributed by atoms with Gasteiger partial charge in [0.25, 0.3) is 0 Å². The Hall–Kier alpha value is -7.74. The molecule has 0 atom stereocenters. The highest BCUT2D eigenvalue weighted by atomic mass is 15.1. The summed E-state index contributed by atoms with van der Waals surface area (Å²) in [5.41, 5.74) is 23.5. The first kappa shape index (κ1) is 38.7. The van der Waals surface area contributed by atoms with Crippen LogP contribution in [0.25, 0.3) is 55.3 Å². The number of nitrogens with zero attached hydrogens (tertiary/aromatic N) is 1. The van der Waals surface area contributed by atoms with Gasteiger partial charge in [-0.3, -0.25) is 0 Å². The number of anilines is 3. The molecule has 0 radical (unpaired) electrons. The second-order valence-electron chi connectivity index (χ2n) is 19.6. The van der Waals surface area contributed by atoms with Gasteiger partial charge in [0.1, 0.15) is 0 Å². The van der Waals surface area contributed by atoms with Crippen LogP contribution in [0.2, 0.25) is 0 Å². The van der Waals surface area contributed by atoms with E-state index in [-0.39, 0.29) is 10.8 Å². The Bertz CT molecular complexity index is 3430. The summed E-state index contributed by atoms with van der Waals surface area (Å²) in [6, 6.07) is 84.7. The number of hydrogen-bond acceptors (Lipinski definition) is 1. The molecule has 3 aliphatic rings. The standard InChI is InChI=1S/C65H49N/c1-63(2)55-32-18-16-27-48(55)50-37-35-45(39-58(50)63)66(46-36-38-51-49-28-17-19-33-56(49)64(3,4)59(51)40-46)60-41-54-61-47(42-21-8-5-9-22-42)31-20-34-57(61)65(43-23-10-6-11-24-43,44-25-12-7-13-26-44)62(54)53-30-15-14-29-52(53)60/h5-41H,1-4H3. The molecule has 0 heterocycles. The molecule has 0 saturated heterocycles. The molecule has 0 aromatic heterocycles. The highest BCUT2D eigenvalue weighted by molar-refractivity contribution is 6.10. The van der Waals surface area contributed by atoms with Crippen LogP contribution in [0.1, 0.15) is 72.2 Å². The van der Waals surface area contributed by atoms with Gasteiger partial charge in [-0.05, 0) is 125 Å². The van der Waals surface area contributed by atoms with Crippen LogP contribution in [0.4, 0.5) is 17.1 Å². The van der Waals surface area contributed by atoms with Crippen molar-refractivity contribution in [3.05, 3.63) is 269 Å². The van der Waals surface area contributed by atoms with Gasteiger partial charge in [-0.15, -0.1) is 0 Å². The average Bonchev–Trinajstić information content (AvgIpc) is 3.90. The summed E-state index contributed by atoms with van der Waals surface area (Å²) in [4.78, 5) is 2.58. The van der Waals surface area contributed by atoms with E-state index in [1.165, 1.54) is 99.8 Å². The first-order valence-corrected chi connectivity index (χ1v) is 23.4. The van der Waals surface area contributed by atoms with Crippen LogP contribution in [0.5, 0.6) is 0 Å². The Morgan fingerprint density at radius 3 is 1.32 bits per heavy atom. The van der Waals surface area contributed by atoms with Crippen LogP contribution in [-0.4, -0.2) is 0 Å². The lowest BCUT2D eigenvalue weighted by Crippen LogP contribution is -2.29. The molecule has 3 aliphatic carbocycles. The fourth-order valence-corrected chi connectivity index (χ4v) is 12.5. The van der Waals surface area contributed by atoms with Crippen molar-refractivity contribution in [2.75, 3.05) is 4.90 Å². The van der Waals surface area contributed by atoms with E-state index in [1.807, 2.05) is 0 Å². The molecule has 1 heteroatoms. The number of rotatable bonds is 6. The van der Waals surface area contributed by atoms with Crippen molar-refractivity contribution in [3.63, 3.8) is 0 Å². The molecule has 10 aromatic rings. The van der Waals surface area contributed by atoms with Crippen LogP contribution in [0, 0.1) is 0 Å². The zero-order chi connectivity index (χ0) is 44.4. The van der Waals surface area contributed by atoms with E-state index in [2.05, 4.69) is 257 Å². The zero-order valence-corrected chi connectivity index (χ0v) is 37.8. The molecule has 0 aliphatic heterocycles. The van der Waals surface area contributed by atoms with Crippen LogP contribution in [-0.2, 0) is 16.2 Å². The maximum atomic E-state index is 2.58. The van der Waals surface area contributed by atoms with Crippen molar-refractivity contribution in [2.24, 2.45) is 0 Å². The molecule has 13 rings (SSSR count). The Morgan fingerprint density at radius 1 is 0.318 bits per heavy atom. The van der Waals surface area contributed by atoms with Crippen molar-refractivity contribution in [2.45, 2.75) is 43.9 Å². The Kier molecular flexibility index (Phi) is 8.28. The van der Waals surface area contributed by atoms with Gasteiger partial charge in [-0.25, -0.2) is 0 Å². The molecule has 0 amide bonds. The molecule has 10 aromatic carbocycles. The van der Waals surface area contributed by atoms with Crippen LogP contribution < -0.4 is 4.90 Å². The van der Waals surface area contributed by atoms with Crippen molar-refractivity contribution in [3.8, 4) is 44.5 Å². The number of benzene rings is 10. The molecule has 0 unspecified atom stereocenters. The van der Waals surface area contributed by atoms with Crippen molar-refractivity contribution < 1.29 is 0 Å². The van der Waals surface area contributed by atoms with E-state index >= 15 is 0 Å². The van der Waals surface area contributed by atoms with Crippen LogP contribution >= 0.6 is 0 Å². The summed E-state index contributed by atoms with van der Waals surface area (Å²) < 4.78 is 0. The van der Waals surface area contributed by atoms with E-state index in [4.69, 9.17) is 0 Å². The summed E-state index contributed by atoms with van der Waals surface area (Å²) >= 11 is 0.